The maximum Gasteiger partial charge on any atom is 0.159 e. The first-order valence-electron chi connectivity index (χ1n) is 5.74. The minimum atomic E-state index is 0.122. The molecule has 2 bridgehead atoms. The van der Waals surface area contributed by atoms with E-state index in [0.29, 0.717) is 12.2 Å². The van der Waals surface area contributed by atoms with Crippen LogP contribution in [0.2, 0.25) is 0 Å². The predicted molar refractivity (Wildman–Crippen MR) is 61.9 cm³/mol. The zero-order valence-corrected chi connectivity index (χ0v) is 9.35. The summed E-state index contributed by atoms with van der Waals surface area (Å²) >= 11 is 0. The van der Waals surface area contributed by atoms with E-state index in [0.717, 1.165) is 18.7 Å². The molecule has 0 N–H and O–H groups in total. The summed E-state index contributed by atoms with van der Waals surface area (Å²) in [4.78, 5) is 13.5. The first-order valence-corrected chi connectivity index (χ1v) is 5.74. The van der Waals surface area contributed by atoms with Crippen LogP contribution >= 0.6 is 0 Å². The molecule has 0 radical (unpaired) electrons. The average Bonchev–Trinajstić information content (AvgIpc) is 2.28. The van der Waals surface area contributed by atoms with Gasteiger partial charge in [-0.15, -0.1) is 0 Å². The molecule has 3 nitrogen and oxygen atoms in total. The Bertz CT molecular complexity index is 396. The van der Waals surface area contributed by atoms with Crippen molar-refractivity contribution in [1.29, 1.82) is 0 Å². The molecule has 0 aromatic heterocycles. The molecule has 2 atom stereocenters. The topological polar surface area (TPSA) is 29.5 Å². The number of benzene rings is 1. The van der Waals surface area contributed by atoms with Gasteiger partial charge in [-0.1, -0.05) is 0 Å². The zero-order valence-electron chi connectivity index (χ0n) is 9.35. The Morgan fingerprint density at radius 1 is 1.25 bits per heavy atom. The number of rotatable bonds is 2. The molecule has 1 aromatic rings. The number of hydrogen-bond donors (Lipinski definition) is 0. The lowest BCUT2D eigenvalue weighted by Gasteiger charge is -2.48. The van der Waals surface area contributed by atoms with Crippen molar-refractivity contribution in [2.75, 3.05) is 18.0 Å². The van der Waals surface area contributed by atoms with Crippen LogP contribution in [0, 0.1) is 0 Å². The number of anilines is 1. The van der Waals surface area contributed by atoms with Crippen molar-refractivity contribution in [2.24, 2.45) is 0 Å². The largest absolute Gasteiger partial charge is 0.371 e. The van der Waals surface area contributed by atoms with Gasteiger partial charge in [0.15, 0.2) is 5.78 Å². The fourth-order valence-electron chi connectivity index (χ4n) is 2.47. The molecule has 0 aliphatic carbocycles. The second-order valence-corrected chi connectivity index (χ2v) is 4.62. The number of ketones is 1. The van der Waals surface area contributed by atoms with E-state index in [1.807, 2.05) is 24.3 Å². The molecule has 3 aliphatic rings. The van der Waals surface area contributed by atoms with Crippen molar-refractivity contribution in [2.45, 2.75) is 25.6 Å². The number of morpholine rings is 1. The fourth-order valence-corrected chi connectivity index (χ4v) is 2.47. The van der Waals surface area contributed by atoms with Gasteiger partial charge in [-0.3, -0.25) is 4.79 Å². The minimum Gasteiger partial charge on any atom is -0.371 e. The first-order chi connectivity index (χ1) is 7.72. The Labute approximate surface area is 95.0 Å². The number of nitrogens with zero attached hydrogens (tertiary/aromatic N) is 1. The molecule has 3 fully saturated rings. The Balaban J connectivity index is 1.77. The van der Waals surface area contributed by atoms with Gasteiger partial charge < -0.3 is 9.64 Å². The summed E-state index contributed by atoms with van der Waals surface area (Å²) in [6.07, 6.45) is 2.06. The van der Waals surface area contributed by atoms with Crippen LogP contribution in [-0.4, -0.2) is 31.1 Å². The zero-order chi connectivity index (χ0) is 11.1. The molecular weight excluding hydrogens is 202 g/mol. The van der Waals surface area contributed by atoms with E-state index >= 15 is 0 Å². The predicted octanol–water partition coefficient (Wildman–Crippen LogP) is 1.87. The molecule has 3 aliphatic heterocycles. The summed E-state index contributed by atoms with van der Waals surface area (Å²) in [7, 11) is 0. The van der Waals surface area contributed by atoms with E-state index in [4.69, 9.17) is 4.74 Å². The molecule has 4 rings (SSSR count). The Morgan fingerprint density at radius 3 is 2.31 bits per heavy atom. The molecule has 3 heterocycles. The SMILES string of the molecule is CC(=O)c1ccc(N2CC3CC(C2)O3)cc1. The Morgan fingerprint density at radius 2 is 1.81 bits per heavy atom. The van der Waals surface area contributed by atoms with Crippen molar-refractivity contribution < 1.29 is 9.53 Å². The lowest BCUT2D eigenvalue weighted by molar-refractivity contribution is -0.133. The van der Waals surface area contributed by atoms with Gasteiger partial charge in [0.2, 0.25) is 0 Å². The number of carbonyl (C=O) groups is 1. The second-order valence-electron chi connectivity index (χ2n) is 4.62. The minimum absolute atomic E-state index is 0.122. The van der Waals surface area contributed by atoms with Crippen molar-refractivity contribution in [1.82, 2.24) is 0 Å². The summed E-state index contributed by atoms with van der Waals surface area (Å²) < 4.78 is 5.59. The summed E-state index contributed by atoms with van der Waals surface area (Å²) in [5, 5.41) is 0. The van der Waals surface area contributed by atoms with Crippen LogP contribution in [0.25, 0.3) is 0 Å². The smallest absolute Gasteiger partial charge is 0.159 e. The van der Waals surface area contributed by atoms with Gasteiger partial charge >= 0.3 is 0 Å². The third kappa shape index (κ3) is 1.61. The normalized spacial score (nSPS) is 27.4. The number of fused-ring (bicyclic) bond motifs is 2. The van der Waals surface area contributed by atoms with Gasteiger partial charge in [-0.05, 0) is 31.2 Å². The van der Waals surface area contributed by atoms with E-state index in [1.54, 1.807) is 6.92 Å². The first kappa shape index (κ1) is 9.85. The standard InChI is InChI=1S/C13H15NO2/c1-9(15)10-2-4-11(5-3-10)14-7-12-6-13(8-14)16-12/h2-5,12-13H,6-8H2,1H3. The molecule has 0 saturated carbocycles. The number of carbonyl (C=O) groups excluding carboxylic acids is 1. The monoisotopic (exact) mass is 217 g/mol. The highest BCUT2D eigenvalue weighted by molar-refractivity contribution is 5.94. The van der Waals surface area contributed by atoms with Crippen LogP contribution in [0.1, 0.15) is 23.7 Å². The van der Waals surface area contributed by atoms with E-state index < -0.39 is 0 Å². The van der Waals surface area contributed by atoms with Crippen LogP contribution in [0.4, 0.5) is 5.69 Å². The number of piperidine rings is 1. The van der Waals surface area contributed by atoms with Crippen molar-refractivity contribution in [3.63, 3.8) is 0 Å². The van der Waals surface area contributed by atoms with Crippen molar-refractivity contribution in [3.8, 4) is 0 Å². The summed E-state index contributed by atoms with van der Waals surface area (Å²) in [5.74, 6) is 0.122. The molecule has 1 aromatic carbocycles. The molecule has 0 spiro atoms. The van der Waals surface area contributed by atoms with Crippen LogP contribution < -0.4 is 4.90 Å². The van der Waals surface area contributed by atoms with Gasteiger partial charge in [0.1, 0.15) is 0 Å². The summed E-state index contributed by atoms with van der Waals surface area (Å²) in [6.45, 7) is 3.56. The quantitative estimate of drug-likeness (QED) is 0.708. The molecule has 0 amide bonds. The highest BCUT2D eigenvalue weighted by atomic mass is 16.5. The molecule has 2 unspecified atom stereocenters. The summed E-state index contributed by atoms with van der Waals surface area (Å²) in [5.41, 5.74) is 1.98. The van der Waals surface area contributed by atoms with Crippen LogP contribution in [0.5, 0.6) is 0 Å². The fraction of sp³-hybridized carbons (Fsp3) is 0.462. The maximum atomic E-state index is 11.2. The summed E-state index contributed by atoms with van der Waals surface area (Å²) in [6, 6.07) is 7.86. The number of ether oxygens (including phenoxy) is 1. The van der Waals surface area contributed by atoms with Crippen LogP contribution in [0.3, 0.4) is 0 Å². The number of hydrogen-bond acceptors (Lipinski definition) is 3. The highest BCUT2D eigenvalue weighted by Gasteiger charge is 2.38. The van der Waals surface area contributed by atoms with Crippen LogP contribution in [0.15, 0.2) is 24.3 Å². The molecule has 3 saturated heterocycles. The Hall–Kier alpha value is -1.35. The molecule has 16 heavy (non-hydrogen) atoms. The third-order valence-corrected chi connectivity index (χ3v) is 3.40. The van der Waals surface area contributed by atoms with Gasteiger partial charge in [0.25, 0.3) is 0 Å². The van der Waals surface area contributed by atoms with Gasteiger partial charge in [-0.2, -0.15) is 0 Å². The van der Waals surface area contributed by atoms with Gasteiger partial charge in [0, 0.05) is 30.8 Å². The number of Topliss-reactive ketones (excluding diaryl/α,β-unsaturated/α-hetero) is 1. The highest BCUT2D eigenvalue weighted by Crippen LogP contribution is 2.31. The van der Waals surface area contributed by atoms with E-state index in [1.165, 1.54) is 12.1 Å². The molecule has 84 valence electrons. The van der Waals surface area contributed by atoms with Crippen LogP contribution in [-0.2, 0) is 4.74 Å². The van der Waals surface area contributed by atoms with Crippen molar-refractivity contribution in [3.05, 3.63) is 29.8 Å². The molecular formula is C13H15NO2. The Kier molecular flexibility index (Phi) is 2.21. The van der Waals surface area contributed by atoms with E-state index in [9.17, 15) is 4.79 Å². The van der Waals surface area contributed by atoms with Gasteiger partial charge in [0.05, 0.1) is 12.2 Å². The lowest BCUT2D eigenvalue weighted by Crippen LogP contribution is -2.57. The maximum absolute atomic E-state index is 11.2. The lowest BCUT2D eigenvalue weighted by atomic mass is 9.98. The van der Waals surface area contributed by atoms with E-state index in [2.05, 4.69) is 4.90 Å². The van der Waals surface area contributed by atoms with Gasteiger partial charge in [-0.25, -0.2) is 0 Å². The average molecular weight is 217 g/mol. The van der Waals surface area contributed by atoms with E-state index in [-0.39, 0.29) is 5.78 Å². The van der Waals surface area contributed by atoms with Crippen molar-refractivity contribution >= 4 is 11.5 Å². The third-order valence-electron chi connectivity index (χ3n) is 3.40. The second kappa shape index (κ2) is 3.59. The molecule has 3 heteroatoms.